The van der Waals surface area contributed by atoms with E-state index in [0.717, 1.165) is 23.8 Å². The third kappa shape index (κ3) is 13.8. The Hall–Kier alpha value is -2.74. The van der Waals surface area contributed by atoms with Gasteiger partial charge in [-0.1, -0.05) is 66.7 Å². The summed E-state index contributed by atoms with van der Waals surface area (Å²) in [7, 11) is -2.07. The van der Waals surface area contributed by atoms with Gasteiger partial charge >= 0.3 is 0 Å². The summed E-state index contributed by atoms with van der Waals surface area (Å²) >= 11 is 0. The predicted octanol–water partition coefficient (Wildman–Crippen LogP) is 5.52. The van der Waals surface area contributed by atoms with E-state index >= 15 is 0 Å². The molecule has 0 aliphatic carbocycles. The number of hydrogen-bond acceptors (Lipinski definition) is 8. The van der Waals surface area contributed by atoms with Crippen molar-refractivity contribution in [1.82, 2.24) is 0 Å². The van der Waals surface area contributed by atoms with Crippen LogP contribution in [0.3, 0.4) is 0 Å². The number of hydrogen-bond donors (Lipinski definition) is 0. The minimum absolute atomic E-state index is 0.0123. The standard InChI is InChI=1S/C14H16O3.C11H12O3.C5H11O2P/c1-11(15)7-8-13-9-10-16-14(17-13)12-5-3-2-4-6-12;12-8-10-6-7-13-11(14-10)9-4-2-1-3-5-9;1-5(6)4-8(2,3)7/h2-8,13-14H,9-10H2,1H3;1-5,8,10-11H,6-7H2;4H2,1-3H3/b8-7+;;/t13-,14?;10-,11?;/m01./s1. The highest BCUT2D eigenvalue weighted by Gasteiger charge is 2.24. The summed E-state index contributed by atoms with van der Waals surface area (Å²) in [5.41, 5.74) is 1.97. The van der Waals surface area contributed by atoms with Gasteiger partial charge in [-0.05, 0) is 33.3 Å². The molecule has 0 saturated carbocycles. The van der Waals surface area contributed by atoms with Gasteiger partial charge in [0.15, 0.2) is 18.4 Å². The van der Waals surface area contributed by atoms with Gasteiger partial charge in [0.2, 0.25) is 0 Å². The normalized spacial score (nSPS) is 23.0. The van der Waals surface area contributed by atoms with Gasteiger partial charge in [0.1, 0.15) is 18.2 Å². The second-order valence-corrected chi connectivity index (χ2v) is 13.2. The van der Waals surface area contributed by atoms with Crippen LogP contribution in [0.25, 0.3) is 0 Å². The molecule has 0 aromatic heterocycles. The topological polar surface area (TPSA) is 105 Å². The average Bonchev–Trinajstić information content (AvgIpc) is 2.92. The molecule has 2 unspecified atom stereocenters. The van der Waals surface area contributed by atoms with Crippen molar-refractivity contribution >= 4 is 25.0 Å². The number of aldehydes is 1. The Morgan fingerprint density at radius 2 is 1.28 bits per heavy atom. The Labute approximate surface area is 231 Å². The van der Waals surface area contributed by atoms with Crippen LogP contribution in [0.5, 0.6) is 0 Å². The molecule has 8 nitrogen and oxygen atoms in total. The Balaban J connectivity index is 0.000000219. The molecule has 2 heterocycles. The van der Waals surface area contributed by atoms with E-state index in [4.69, 9.17) is 18.9 Å². The fourth-order valence-corrected chi connectivity index (χ4v) is 4.78. The van der Waals surface area contributed by atoms with Gasteiger partial charge < -0.3 is 28.3 Å². The molecule has 4 atom stereocenters. The van der Waals surface area contributed by atoms with Crippen molar-refractivity contribution in [3.63, 3.8) is 0 Å². The monoisotopic (exact) mass is 558 g/mol. The summed E-state index contributed by atoms with van der Waals surface area (Å²) in [6.07, 6.45) is 4.78. The first-order valence-electron chi connectivity index (χ1n) is 12.9. The average molecular weight is 559 g/mol. The van der Waals surface area contributed by atoms with Crippen LogP contribution in [-0.4, -0.2) is 62.8 Å². The number of ether oxygens (including phenoxy) is 4. The first-order valence-corrected chi connectivity index (χ1v) is 15.7. The summed E-state index contributed by atoms with van der Waals surface area (Å²) in [4.78, 5) is 31.7. The summed E-state index contributed by atoms with van der Waals surface area (Å²) in [6, 6.07) is 19.5. The maximum Gasteiger partial charge on any atom is 0.184 e. The van der Waals surface area contributed by atoms with Gasteiger partial charge in [0.05, 0.1) is 32.6 Å². The molecule has 0 bridgehead atoms. The lowest BCUT2D eigenvalue weighted by molar-refractivity contribution is -0.211. The summed E-state index contributed by atoms with van der Waals surface area (Å²) in [6.45, 7) is 7.45. The molecule has 2 aliphatic heterocycles. The van der Waals surface area contributed by atoms with Crippen LogP contribution in [0.15, 0.2) is 72.8 Å². The fourth-order valence-electron chi connectivity index (χ4n) is 3.71. The van der Waals surface area contributed by atoms with Crippen LogP contribution < -0.4 is 0 Å². The number of ketones is 2. The molecular weight excluding hydrogens is 519 g/mol. The summed E-state index contributed by atoms with van der Waals surface area (Å²) < 4.78 is 33.0. The van der Waals surface area contributed by atoms with Gasteiger partial charge in [0.25, 0.3) is 0 Å². The van der Waals surface area contributed by atoms with E-state index in [2.05, 4.69) is 0 Å². The number of allylic oxidation sites excluding steroid dienone is 1. The van der Waals surface area contributed by atoms with Crippen LogP contribution in [0.2, 0.25) is 0 Å². The third-order valence-corrected chi connectivity index (χ3v) is 6.59. The minimum atomic E-state index is -2.07. The fraction of sp³-hybridized carbons (Fsp3) is 0.433. The molecule has 0 amide bonds. The molecule has 39 heavy (non-hydrogen) atoms. The predicted molar refractivity (Wildman–Crippen MR) is 150 cm³/mol. The van der Waals surface area contributed by atoms with E-state index < -0.39 is 7.14 Å². The third-order valence-electron chi connectivity index (χ3n) is 5.38. The van der Waals surface area contributed by atoms with Gasteiger partial charge in [-0.3, -0.25) is 9.59 Å². The van der Waals surface area contributed by atoms with Gasteiger partial charge in [-0.25, -0.2) is 0 Å². The van der Waals surface area contributed by atoms with Crippen LogP contribution in [0, 0.1) is 0 Å². The van der Waals surface area contributed by atoms with Crippen molar-refractivity contribution < 1.29 is 37.9 Å². The number of carbonyl (C=O) groups excluding carboxylic acids is 3. The second kappa shape index (κ2) is 17.1. The molecule has 0 N–H and O–H groups in total. The zero-order valence-electron chi connectivity index (χ0n) is 23.1. The molecule has 2 aromatic carbocycles. The highest BCUT2D eigenvalue weighted by molar-refractivity contribution is 7.63. The van der Waals surface area contributed by atoms with Crippen LogP contribution in [0.4, 0.5) is 0 Å². The van der Waals surface area contributed by atoms with E-state index in [-0.39, 0.29) is 42.5 Å². The minimum Gasteiger partial charge on any atom is -0.348 e. The maximum atomic E-state index is 10.9. The molecule has 2 saturated heterocycles. The molecule has 9 heteroatoms. The van der Waals surface area contributed by atoms with Gasteiger partial charge in [-0.2, -0.15) is 0 Å². The number of carbonyl (C=O) groups is 3. The molecule has 2 fully saturated rings. The number of benzene rings is 2. The van der Waals surface area contributed by atoms with Crippen molar-refractivity contribution in [2.24, 2.45) is 0 Å². The molecule has 2 aliphatic rings. The van der Waals surface area contributed by atoms with E-state index in [1.165, 1.54) is 13.8 Å². The molecular formula is C30H39O8P. The summed E-state index contributed by atoms with van der Waals surface area (Å²) in [5, 5.41) is 0. The highest BCUT2D eigenvalue weighted by Crippen LogP contribution is 2.35. The molecule has 2 aromatic rings. The lowest BCUT2D eigenvalue weighted by atomic mass is 10.1. The number of Topliss-reactive ketones (excluding diaryl/α,β-unsaturated/α-hetero) is 1. The number of rotatable bonds is 7. The van der Waals surface area contributed by atoms with Crippen LogP contribution >= 0.6 is 7.14 Å². The Bertz CT molecular complexity index is 1100. The van der Waals surface area contributed by atoms with E-state index in [1.807, 2.05) is 60.7 Å². The Morgan fingerprint density at radius 3 is 1.67 bits per heavy atom. The quantitative estimate of drug-likeness (QED) is 0.248. The lowest BCUT2D eigenvalue weighted by Crippen LogP contribution is -2.27. The molecule has 212 valence electrons. The van der Waals surface area contributed by atoms with E-state index in [9.17, 15) is 18.9 Å². The first-order chi connectivity index (χ1) is 18.6. The van der Waals surface area contributed by atoms with Gasteiger partial charge in [0, 0.05) is 24.0 Å². The zero-order chi connectivity index (χ0) is 28.7. The molecule has 0 radical (unpaired) electrons. The summed E-state index contributed by atoms with van der Waals surface area (Å²) in [5.74, 6) is 0.0506. The van der Waals surface area contributed by atoms with Crippen molar-refractivity contribution in [2.45, 2.75) is 51.5 Å². The van der Waals surface area contributed by atoms with E-state index in [0.29, 0.717) is 19.6 Å². The Morgan fingerprint density at radius 1 is 0.821 bits per heavy atom. The molecule has 0 spiro atoms. The van der Waals surface area contributed by atoms with Crippen molar-refractivity contribution in [2.75, 3.05) is 32.7 Å². The molecule has 4 rings (SSSR count). The van der Waals surface area contributed by atoms with Crippen molar-refractivity contribution in [1.29, 1.82) is 0 Å². The lowest BCUT2D eigenvalue weighted by Gasteiger charge is -2.28. The first kappa shape index (κ1) is 32.5. The maximum absolute atomic E-state index is 10.9. The highest BCUT2D eigenvalue weighted by atomic mass is 31.2. The largest absolute Gasteiger partial charge is 0.348 e. The van der Waals surface area contributed by atoms with Crippen LogP contribution in [-0.2, 0) is 37.9 Å². The van der Waals surface area contributed by atoms with Crippen LogP contribution in [0.1, 0.15) is 50.4 Å². The van der Waals surface area contributed by atoms with Gasteiger partial charge in [-0.15, -0.1) is 0 Å². The zero-order valence-corrected chi connectivity index (χ0v) is 24.0. The van der Waals surface area contributed by atoms with Crippen molar-refractivity contribution in [3.05, 3.63) is 83.9 Å². The second-order valence-electron chi connectivity index (χ2n) is 9.69. The SMILES string of the molecule is CC(=O)/C=C/[C@H]1CCOC(c2ccccc2)O1.CC(=O)CP(C)(C)=O.O=C[C@H]1CCOC(c2ccccc2)O1. The smallest absolute Gasteiger partial charge is 0.184 e. The van der Waals surface area contributed by atoms with E-state index in [1.54, 1.807) is 25.5 Å². The van der Waals surface area contributed by atoms with Crippen molar-refractivity contribution in [3.8, 4) is 0 Å². The Kier molecular flexibility index (Phi) is 14.2.